The van der Waals surface area contributed by atoms with Gasteiger partial charge in [-0.25, -0.2) is 9.78 Å². The average Bonchev–Trinajstić information content (AvgIpc) is 3.09. The van der Waals surface area contributed by atoms with E-state index >= 15 is 0 Å². The number of aryl methyl sites for hydroxylation is 3. The van der Waals surface area contributed by atoms with Gasteiger partial charge in [-0.15, -0.1) is 11.3 Å². The van der Waals surface area contributed by atoms with Crippen molar-refractivity contribution in [1.29, 1.82) is 0 Å². The van der Waals surface area contributed by atoms with Crippen LogP contribution in [0.3, 0.4) is 0 Å². The molecule has 4 aromatic heterocycles. The Morgan fingerprint density at radius 1 is 1.11 bits per heavy atom. The molecule has 0 aliphatic rings. The predicted molar refractivity (Wildman–Crippen MR) is 104 cm³/mol. The quantitative estimate of drug-likeness (QED) is 0.500. The van der Waals surface area contributed by atoms with E-state index in [1.165, 1.54) is 34.6 Å². The summed E-state index contributed by atoms with van der Waals surface area (Å²) in [4.78, 5) is 50.2. The fourth-order valence-corrected chi connectivity index (χ4v) is 4.36. The van der Waals surface area contributed by atoms with E-state index in [-0.39, 0.29) is 28.6 Å². The minimum atomic E-state index is -0.515. The van der Waals surface area contributed by atoms with E-state index in [0.717, 1.165) is 15.0 Å². The molecular weight excluding hydrogens is 392 g/mol. The zero-order valence-corrected chi connectivity index (χ0v) is 16.5. The number of fused-ring (bicyclic) bond motifs is 2. The van der Waals surface area contributed by atoms with Crippen molar-refractivity contribution in [2.45, 2.75) is 20.4 Å². The molecule has 4 aromatic rings. The summed E-state index contributed by atoms with van der Waals surface area (Å²) in [6, 6.07) is 0. The normalized spacial score (nSPS) is 11.7. The van der Waals surface area contributed by atoms with E-state index in [0.29, 0.717) is 16.0 Å². The van der Waals surface area contributed by atoms with Crippen LogP contribution >= 0.6 is 22.9 Å². The molecule has 0 aromatic carbocycles. The van der Waals surface area contributed by atoms with Crippen molar-refractivity contribution in [3.05, 3.63) is 52.7 Å². The molecule has 0 atom stereocenters. The zero-order valence-electron chi connectivity index (χ0n) is 15.0. The Morgan fingerprint density at radius 2 is 1.81 bits per heavy atom. The van der Waals surface area contributed by atoms with Crippen molar-refractivity contribution in [2.75, 3.05) is 0 Å². The highest BCUT2D eigenvalue weighted by atomic mass is 35.5. The molecule has 0 saturated carbocycles. The summed E-state index contributed by atoms with van der Waals surface area (Å²) >= 11 is 7.66. The summed E-state index contributed by atoms with van der Waals surface area (Å²) in [5.41, 5.74) is 0.0123. The summed E-state index contributed by atoms with van der Waals surface area (Å²) in [6.07, 6.45) is 0. The smallest absolute Gasteiger partial charge is 0.308 e. The van der Waals surface area contributed by atoms with Crippen LogP contribution in [0.1, 0.15) is 16.3 Å². The SMILES string of the molecule is Cc1sc2nc(Cn3c(Cl)nc4c3c(=O)n(C)c(=O)n4C)[nH]c(=O)c2c1C. The molecule has 0 spiro atoms. The maximum absolute atomic E-state index is 12.6. The highest BCUT2D eigenvalue weighted by Crippen LogP contribution is 2.26. The second kappa shape index (κ2) is 5.89. The zero-order chi connectivity index (χ0) is 19.6. The lowest BCUT2D eigenvalue weighted by atomic mass is 10.2. The summed E-state index contributed by atoms with van der Waals surface area (Å²) < 4.78 is 3.68. The third-order valence-corrected chi connectivity index (χ3v) is 6.09. The molecule has 0 unspecified atom stereocenters. The van der Waals surface area contributed by atoms with Crippen LogP contribution in [0, 0.1) is 13.8 Å². The number of rotatable bonds is 2. The van der Waals surface area contributed by atoms with Gasteiger partial charge in [0, 0.05) is 19.0 Å². The Bertz CT molecular complexity index is 1420. The van der Waals surface area contributed by atoms with Crippen molar-refractivity contribution in [3.63, 3.8) is 0 Å². The van der Waals surface area contributed by atoms with Crippen LogP contribution in [0.25, 0.3) is 21.4 Å². The highest BCUT2D eigenvalue weighted by Gasteiger charge is 2.19. The van der Waals surface area contributed by atoms with Gasteiger partial charge in [-0.1, -0.05) is 0 Å². The van der Waals surface area contributed by atoms with Gasteiger partial charge in [0.1, 0.15) is 10.7 Å². The number of nitrogens with one attached hydrogen (secondary N) is 1. The molecule has 0 aliphatic heterocycles. The summed E-state index contributed by atoms with van der Waals surface area (Å²) in [6.45, 7) is 3.87. The van der Waals surface area contributed by atoms with Crippen molar-refractivity contribution in [2.24, 2.45) is 14.1 Å². The molecule has 1 N–H and O–H groups in total. The van der Waals surface area contributed by atoms with Crippen LogP contribution in [0.15, 0.2) is 14.4 Å². The van der Waals surface area contributed by atoms with Crippen LogP contribution in [-0.2, 0) is 20.6 Å². The Balaban J connectivity index is 1.96. The van der Waals surface area contributed by atoms with E-state index in [1.54, 1.807) is 0 Å². The van der Waals surface area contributed by atoms with Crippen molar-refractivity contribution >= 4 is 44.3 Å². The molecular formula is C16H15ClN6O3S. The maximum Gasteiger partial charge on any atom is 0.332 e. The van der Waals surface area contributed by atoms with E-state index in [4.69, 9.17) is 11.6 Å². The van der Waals surface area contributed by atoms with Gasteiger partial charge in [-0.3, -0.25) is 18.7 Å². The first-order valence-electron chi connectivity index (χ1n) is 8.01. The molecule has 0 saturated heterocycles. The molecule has 9 nitrogen and oxygen atoms in total. The lowest BCUT2D eigenvalue weighted by molar-refractivity contribution is 0.698. The van der Waals surface area contributed by atoms with Crippen LogP contribution in [0.5, 0.6) is 0 Å². The highest BCUT2D eigenvalue weighted by molar-refractivity contribution is 7.18. The average molecular weight is 407 g/mol. The maximum atomic E-state index is 12.6. The minimum absolute atomic E-state index is 0.0320. The number of nitrogens with zero attached hydrogens (tertiary/aromatic N) is 5. The topological polar surface area (TPSA) is 108 Å². The van der Waals surface area contributed by atoms with Crippen molar-refractivity contribution in [3.8, 4) is 0 Å². The van der Waals surface area contributed by atoms with Gasteiger partial charge in [-0.05, 0) is 31.0 Å². The number of H-pyrrole nitrogens is 1. The molecule has 27 heavy (non-hydrogen) atoms. The monoisotopic (exact) mass is 406 g/mol. The van der Waals surface area contributed by atoms with Crippen LogP contribution in [0.2, 0.25) is 5.28 Å². The molecule has 11 heteroatoms. The number of hydrogen-bond donors (Lipinski definition) is 1. The largest absolute Gasteiger partial charge is 0.332 e. The van der Waals surface area contributed by atoms with Gasteiger partial charge in [0.25, 0.3) is 11.1 Å². The Kier molecular flexibility index (Phi) is 3.86. The molecule has 0 amide bonds. The van der Waals surface area contributed by atoms with Crippen LogP contribution in [-0.4, -0.2) is 28.7 Å². The molecule has 0 aliphatic carbocycles. The number of imidazole rings is 1. The fourth-order valence-electron chi connectivity index (χ4n) is 3.09. The predicted octanol–water partition coefficient (Wildman–Crippen LogP) is 1.05. The van der Waals surface area contributed by atoms with Gasteiger partial charge in [0.2, 0.25) is 5.28 Å². The minimum Gasteiger partial charge on any atom is -0.308 e. The lowest BCUT2D eigenvalue weighted by Crippen LogP contribution is -2.37. The second-order valence-corrected chi connectivity index (χ2v) is 7.86. The standard InChI is InChI=1S/C16H15ClN6O3S/c1-6-7(2)27-13-9(6)12(24)18-8(19-13)5-23-10-11(20-15(23)17)21(3)16(26)22(4)14(10)25/h5H2,1-4H3,(H,18,19,24). The number of aromatic nitrogens is 6. The van der Waals surface area contributed by atoms with Crippen molar-refractivity contribution < 1.29 is 0 Å². The summed E-state index contributed by atoms with van der Waals surface area (Å²) in [7, 11) is 2.90. The Morgan fingerprint density at radius 3 is 2.52 bits per heavy atom. The number of halogens is 1. The number of hydrogen-bond acceptors (Lipinski definition) is 6. The molecule has 4 rings (SSSR count). The molecule has 0 radical (unpaired) electrons. The third kappa shape index (κ3) is 2.47. The molecule has 0 bridgehead atoms. The Labute approximate surface area is 160 Å². The van der Waals surface area contributed by atoms with E-state index in [9.17, 15) is 14.4 Å². The second-order valence-electron chi connectivity index (χ2n) is 6.32. The first-order valence-corrected chi connectivity index (χ1v) is 9.20. The number of thiophene rings is 1. The van der Waals surface area contributed by atoms with Gasteiger partial charge < -0.3 is 9.55 Å². The summed E-state index contributed by atoms with van der Waals surface area (Å²) in [5, 5.41) is 0.603. The first-order chi connectivity index (χ1) is 12.7. The third-order valence-electron chi connectivity index (χ3n) is 4.70. The van der Waals surface area contributed by atoms with Gasteiger partial charge in [-0.2, -0.15) is 4.98 Å². The first kappa shape index (κ1) is 17.7. The lowest BCUT2D eigenvalue weighted by Gasteiger charge is -2.07. The van der Waals surface area contributed by atoms with Gasteiger partial charge >= 0.3 is 5.69 Å². The molecule has 140 valence electrons. The fraction of sp³-hybridized carbons (Fsp3) is 0.312. The Hall–Kier alpha value is -2.72. The molecule has 0 fully saturated rings. The van der Waals surface area contributed by atoms with Crippen molar-refractivity contribution in [1.82, 2.24) is 28.7 Å². The van der Waals surface area contributed by atoms with Crippen LogP contribution < -0.4 is 16.8 Å². The summed E-state index contributed by atoms with van der Waals surface area (Å²) in [5.74, 6) is 0.353. The van der Waals surface area contributed by atoms with E-state index in [1.807, 2.05) is 13.8 Å². The van der Waals surface area contributed by atoms with Gasteiger partial charge in [0.05, 0.1) is 11.9 Å². The number of aromatic amines is 1. The van der Waals surface area contributed by atoms with E-state index < -0.39 is 11.2 Å². The molecule has 4 heterocycles. The van der Waals surface area contributed by atoms with Crippen LogP contribution in [0.4, 0.5) is 0 Å². The van der Waals surface area contributed by atoms with E-state index in [2.05, 4.69) is 15.0 Å². The van der Waals surface area contributed by atoms with Gasteiger partial charge in [0.15, 0.2) is 11.2 Å².